The molecule has 0 radical (unpaired) electrons. The molecule has 0 amide bonds. The third-order valence-electron chi connectivity index (χ3n) is 2.64. The van der Waals surface area contributed by atoms with Gasteiger partial charge in [0.2, 0.25) is 0 Å². The average Bonchev–Trinajstić information content (AvgIpc) is 2.60. The maximum absolute atomic E-state index is 13.8. The highest BCUT2D eigenvalue weighted by Crippen LogP contribution is 2.26. The highest BCUT2D eigenvalue weighted by molar-refractivity contribution is 7.71. The molecule has 0 saturated carbocycles. The van der Waals surface area contributed by atoms with Crippen molar-refractivity contribution in [1.82, 2.24) is 9.55 Å². The van der Waals surface area contributed by atoms with Gasteiger partial charge in [-0.2, -0.15) is 0 Å². The Labute approximate surface area is 105 Å². The minimum absolute atomic E-state index is 0.101. The molecule has 1 heterocycles. The second-order valence-electron chi connectivity index (χ2n) is 5.02. The third-order valence-corrected chi connectivity index (χ3v) is 2.94. The van der Waals surface area contributed by atoms with Crippen LogP contribution in [0, 0.1) is 10.6 Å². The lowest BCUT2D eigenvalue weighted by atomic mass is 9.92. The van der Waals surface area contributed by atoms with E-state index in [0.29, 0.717) is 10.5 Å². The molecule has 17 heavy (non-hydrogen) atoms. The van der Waals surface area contributed by atoms with Crippen LogP contribution >= 0.6 is 12.2 Å². The van der Waals surface area contributed by atoms with Crippen LogP contribution in [0.5, 0.6) is 0 Å². The van der Waals surface area contributed by atoms with E-state index >= 15 is 0 Å². The quantitative estimate of drug-likeness (QED) is 0.759. The van der Waals surface area contributed by atoms with Crippen LogP contribution in [-0.4, -0.2) is 9.55 Å². The van der Waals surface area contributed by atoms with Gasteiger partial charge in [0.1, 0.15) is 5.82 Å². The number of hydrogen-bond acceptors (Lipinski definition) is 1. The van der Waals surface area contributed by atoms with Crippen molar-refractivity contribution in [2.24, 2.45) is 0 Å². The number of hydrogen-bond donors (Lipinski definition) is 1. The molecule has 0 spiro atoms. The summed E-state index contributed by atoms with van der Waals surface area (Å²) in [6, 6.07) is 6.65. The monoisotopic (exact) mass is 250 g/mol. The summed E-state index contributed by atoms with van der Waals surface area (Å²) in [7, 11) is 0. The van der Waals surface area contributed by atoms with E-state index < -0.39 is 0 Å². The molecule has 0 unspecified atom stereocenters. The number of H-pyrrole nitrogens is 1. The fourth-order valence-electron chi connectivity index (χ4n) is 1.79. The number of aromatic amines is 1. The molecule has 0 bridgehead atoms. The molecule has 1 N–H and O–H groups in total. The summed E-state index contributed by atoms with van der Waals surface area (Å²) in [5.41, 5.74) is 1.35. The minimum Gasteiger partial charge on any atom is -0.337 e. The Morgan fingerprint density at radius 2 is 1.88 bits per heavy atom. The number of para-hydroxylation sites is 1. The van der Waals surface area contributed by atoms with Crippen LogP contribution in [0.25, 0.3) is 5.69 Å². The average molecular weight is 250 g/mol. The maximum Gasteiger partial charge on any atom is 0.182 e. The van der Waals surface area contributed by atoms with Crippen molar-refractivity contribution in [3.8, 4) is 5.69 Å². The zero-order chi connectivity index (χ0) is 12.6. The Bertz CT molecular complexity index is 590. The van der Waals surface area contributed by atoms with Crippen molar-refractivity contribution in [1.29, 1.82) is 0 Å². The lowest BCUT2D eigenvalue weighted by Gasteiger charge is -2.20. The number of benzene rings is 1. The van der Waals surface area contributed by atoms with Gasteiger partial charge in [0.15, 0.2) is 4.77 Å². The SMILES string of the molecule is CC(C)(C)c1c[nH]c(=S)n1-c1ccccc1F. The highest BCUT2D eigenvalue weighted by Gasteiger charge is 2.21. The summed E-state index contributed by atoms with van der Waals surface area (Å²) in [6.45, 7) is 6.22. The third kappa shape index (κ3) is 2.17. The van der Waals surface area contributed by atoms with Gasteiger partial charge in [-0.15, -0.1) is 0 Å². The second-order valence-corrected chi connectivity index (χ2v) is 5.40. The van der Waals surface area contributed by atoms with Crippen molar-refractivity contribution in [3.63, 3.8) is 0 Å². The molecule has 0 aliphatic carbocycles. The fraction of sp³-hybridized carbons (Fsp3) is 0.308. The standard InChI is InChI=1S/C13H15FN2S/c1-13(2,3)11-8-15-12(17)16(11)10-7-5-4-6-9(10)14/h4-8H,1-3H3,(H,15,17). The molecule has 90 valence electrons. The molecule has 4 heteroatoms. The Kier molecular flexibility index (Phi) is 2.91. The topological polar surface area (TPSA) is 20.7 Å². The van der Waals surface area contributed by atoms with Crippen LogP contribution in [0.3, 0.4) is 0 Å². The first-order valence-electron chi connectivity index (χ1n) is 5.47. The van der Waals surface area contributed by atoms with Crippen LogP contribution in [0.15, 0.2) is 30.5 Å². The van der Waals surface area contributed by atoms with Gasteiger partial charge in [0, 0.05) is 17.3 Å². The van der Waals surface area contributed by atoms with Gasteiger partial charge in [0.25, 0.3) is 0 Å². The van der Waals surface area contributed by atoms with Crippen LogP contribution in [-0.2, 0) is 5.41 Å². The van der Waals surface area contributed by atoms with Gasteiger partial charge in [-0.1, -0.05) is 32.9 Å². The number of nitrogens with one attached hydrogen (secondary N) is 1. The molecule has 1 aromatic carbocycles. The van der Waals surface area contributed by atoms with Gasteiger partial charge >= 0.3 is 0 Å². The number of rotatable bonds is 1. The minimum atomic E-state index is -0.270. The summed E-state index contributed by atoms with van der Waals surface area (Å²) < 4.78 is 16.1. The van der Waals surface area contributed by atoms with E-state index in [1.54, 1.807) is 22.8 Å². The molecule has 0 saturated heterocycles. The first-order valence-corrected chi connectivity index (χ1v) is 5.88. The predicted octanol–water partition coefficient (Wildman–Crippen LogP) is 3.97. The zero-order valence-corrected chi connectivity index (χ0v) is 10.9. The summed E-state index contributed by atoms with van der Waals surface area (Å²) in [5.74, 6) is -0.270. The Morgan fingerprint density at radius 1 is 1.24 bits per heavy atom. The summed E-state index contributed by atoms with van der Waals surface area (Å²) in [5, 5.41) is 0. The number of aromatic nitrogens is 2. The Morgan fingerprint density at radius 3 is 2.47 bits per heavy atom. The van der Waals surface area contributed by atoms with Gasteiger partial charge in [-0.3, -0.25) is 4.57 Å². The largest absolute Gasteiger partial charge is 0.337 e. The van der Waals surface area contributed by atoms with Gasteiger partial charge < -0.3 is 4.98 Å². The van der Waals surface area contributed by atoms with Crippen molar-refractivity contribution < 1.29 is 4.39 Å². The molecular weight excluding hydrogens is 235 g/mol. The van der Waals surface area contributed by atoms with Crippen LogP contribution < -0.4 is 0 Å². The summed E-state index contributed by atoms with van der Waals surface area (Å²) in [4.78, 5) is 2.98. The van der Waals surface area contributed by atoms with Crippen molar-refractivity contribution in [2.75, 3.05) is 0 Å². The van der Waals surface area contributed by atoms with Gasteiger partial charge in [-0.25, -0.2) is 4.39 Å². The molecule has 2 rings (SSSR count). The van der Waals surface area contributed by atoms with Crippen LogP contribution in [0.2, 0.25) is 0 Å². The lowest BCUT2D eigenvalue weighted by molar-refractivity contribution is 0.546. The molecule has 0 fully saturated rings. The van der Waals surface area contributed by atoms with E-state index in [0.717, 1.165) is 5.69 Å². The van der Waals surface area contributed by atoms with Crippen molar-refractivity contribution in [3.05, 3.63) is 46.7 Å². The van der Waals surface area contributed by atoms with E-state index in [2.05, 4.69) is 25.8 Å². The molecule has 0 aliphatic rings. The van der Waals surface area contributed by atoms with E-state index in [-0.39, 0.29) is 11.2 Å². The van der Waals surface area contributed by atoms with Crippen LogP contribution in [0.4, 0.5) is 4.39 Å². The van der Waals surface area contributed by atoms with Gasteiger partial charge in [0.05, 0.1) is 5.69 Å². The van der Waals surface area contributed by atoms with Crippen LogP contribution in [0.1, 0.15) is 26.5 Å². The van der Waals surface area contributed by atoms with Gasteiger partial charge in [-0.05, 0) is 24.4 Å². The van der Waals surface area contributed by atoms with Crippen molar-refractivity contribution >= 4 is 12.2 Å². The predicted molar refractivity (Wildman–Crippen MR) is 69.6 cm³/mol. The summed E-state index contributed by atoms with van der Waals surface area (Å²) >= 11 is 5.22. The second kappa shape index (κ2) is 4.11. The zero-order valence-electron chi connectivity index (χ0n) is 10.1. The molecular formula is C13H15FN2S. The number of halogens is 1. The van der Waals surface area contributed by atoms with E-state index in [9.17, 15) is 4.39 Å². The summed E-state index contributed by atoms with van der Waals surface area (Å²) in [6.07, 6.45) is 1.84. The normalized spacial score (nSPS) is 11.8. The lowest BCUT2D eigenvalue weighted by Crippen LogP contribution is -2.17. The highest BCUT2D eigenvalue weighted by atomic mass is 32.1. The maximum atomic E-state index is 13.8. The van der Waals surface area contributed by atoms with E-state index in [4.69, 9.17) is 12.2 Å². The molecule has 1 aromatic heterocycles. The number of imidazole rings is 1. The molecule has 0 atom stereocenters. The van der Waals surface area contributed by atoms with Crippen molar-refractivity contribution in [2.45, 2.75) is 26.2 Å². The first-order chi connectivity index (χ1) is 7.91. The molecule has 2 aromatic rings. The van der Waals surface area contributed by atoms with E-state index in [1.165, 1.54) is 6.07 Å². The molecule has 0 aliphatic heterocycles. The smallest absolute Gasteiger partial charge is 0.182 e. The molecule has 2 nitrogen and oxygen atoms in total. The first kappa shape index (κ1) is 12.0. The Balaban J connectivity index is 2.73. The van der Waals surface area contributed by atoms with E-state index in [1.807, 2.05) is 6.20 Å². The number of nitrogens with zero attached hydrogens (tertiary/aromatic N) is 1. The Hall–Kier alpha value is -1.42. The fourth-order valence-corrected chi connectivity index (χ4v) is 2.05.